The number of nitrogens with zero attached hydrogens (tertiary/aromatic N) is 3. The number of carbonyl (C=O) groups excluding carboxylic acids is 2. The molecule has 1 saturated heterocycles. The summed E-state index contributed by atoms with van der Waals surface area (Å²) in [4.78, 5) is 27.2. The lowest BCUT2D eigenvalue weighted by atomic mass is 9.83. The van der Waals surface area contributed by atoms with Crippen LogP contribution in [0.4, 0.5) is 0 Å². The van der Waals surface area contributed by atoms with E-state index in [-0.39, 0.29) is 17.7 Å². The van der Waals surface area contributed by atoms with E-state index in [0.29, 0.717) is 23.2 Å². The molecule has 6 nitrogen and oxygen atoms in total. The molecule has 0 spiro atoms. The van der Waals surface area contributed by atoms with Crippen molar-refractivity contribution in [1.29, 1.82) is 0 Å². The molecular formula is C22H29ClN4O2. The summed E-state index contributed by atoms with van der Waals surface area (Å²) in [5, 5.41) is 5.90. The molecule has 29 heavy (non-hydrogen) atoms. The molecule has 1 amide bonds. The molecule has 1 aromatic carbocycles. The third kappa shape index (κ3) is 4.05. The van der Waals surface area contributed by atoms with Crippen molar-refractivity contribution in [3.63, 3.8) is 0 Å². The first kappa shape index (κ1) is 20.4. The molecule has 2 atom stereocenters. The Balaban J connectivity index is 1.55. The van der Waals surface area contributed by atoms with E-state index in [1.54, 1.807) is 6.07 Å². The molecule has 4 rings (SSSR count). The van der Waals surface area contributed by atoms with Gasteiger partial charge in [0.2, 0.25) is 5.91 Å². The van der Waals surface area contributed by atoms with E-state index in [9.17, 15) is 9.59 Å². The second-order valence-corrected chi connectivity index (χ2v) is 8.94. The number of hydrogen-bond donors (Lipinski definition) is 1. The van der Waals surface area contributed by atoms with Gasteiger partial charge in [0.15, 0.2) is 5.78 Å². The third-order valence-electron chi connectivity index (χ3n) is 6.53. The average molecular weight is 417 g/mol. The number of Topliss-reactive ketones (excluding diaryl/α,β-unsaturated/α-hetero) is 1. The summed E-state index contributed by atoms with van der Waals surface area (Å²) in [6.07, 6.45) is 7.59. The number of ketones is 1. The average Bonchev–Trinajstić information content (AvgIpc) is 3.32. The van der Waals surface area contributed by atoms with Crippen molar-refractivity contribution >= 4 is 34.2 Å². The maximum Gasteiger partial charge on any atom is 0.240 e. The van der Waals surface area contributed by atoms with E-state index in [4.69, 9.17) is 17.3 Å². The van der Waals surface area contributed by atoms with E-state index < -0.39 is 6.04 Å². The third-order valence-corrected chi connectivity index (χ3v) is 6.77. The van der Waals surface area contributed by atoms with Crippen LogP contribution in [-0.2, 0) is 11.3 Å². The number of likely N-dealkylation sites (tertiary alicyclic amines) is 1. The minimum atomic E-state index is -0.406. The van der Waals surface area contributed by atoms with Gasteiger partial charge in [0, 0.05) is 23.9 Å². The zero-order chi connectivity index (χ0) is 20.5. The van der Waals surface area contributed by atoms with E-state index in [1.807, 2.05) is 21.7 Å². The first-order valence-electron chi connectivity index (χ1n) is 10.7. The van der Waals surface area contributed by atoms with Crippen LogP contribution in [0.3, 0.4) is 0 Å². The van der Waals surface area contributed by atoms with Gasteiger partial charge in [0.25, 0.3) is 0 Å². The topological polar surface area (TPSA) is 81.2 Å². The van der Waals surface area contributed by atoms with E-state index in [0.717, 1.165) is 43.1 Å². The summed E-state index contributed by atoms with van der Waals surface area (Å²) in [5.41, 5.74) is 7.70. The minimum absolute atomic E-state index is 0.0516. The molecule has 2 aromatic rings. The molecule has 156 valence electrons. The summed E-state index contributed by atoms with van der Waals surface area (Å²) < 4.78 is 1.85. The van der Waals surface area contributed by atoms with E-state index in [2.05, 4.69) is 5.10 Å². The Morgan fingerprint density at radius 3 is 2.69 bits per heavy atom. The number of amides is 1. The van der Waals surface area contributed by atoms with Gasteiger partial charge in [0.05, 0.1) is 24.1 Å². The zero-order valence-corrected chi connectivity index (χ0v) is 17.7. The molecular weight excluding hydrogens is 388 g/mol. The molecule has 1 aliphatic carbocycles. The van der Waals surface area contributed by atoms with Crippen LogP contribution in [0, 0.1) is 5.92 Å². The molecule has 1 aromatic heterocycles. The SMILES string of the molecule is CC(=O)c1nn(C[C@@H]2CCCN2C(=O)[C@@H](N)C2CCCCC2)c2ccc(Cl)cc12. The number of halogens is 1. The lowest BCUT2D eigenvalue weighted by Crippen LogP contribution is -2.50. The lowest BCUT2D eigenvalue weighted by molar-refractivity contribution is -0.135. The highest BCUT2D eigenvalue weighted by Crippen LogP contribution is 2.29. The Hall–Kier alpha value is -1.92. The van der Waals surface area contributed by atoms with Crippen molar-refractivity contribution in [3.8, 4) is 0 Å². The monoisotopic (exact) mass is 416 g/mol. The van der Waals surface area contributed by atoms with Gasteiger partial charge in [-0.15, -0.1) is 0 Å². The molecule has 2 aliphatic rings. The zero-order valence-electron chi connectivity index (χ0n) is 16.9. The van der Waals surface area contributed by atoms with Crippen molar-refractivity contribution in [2.75, 3.05) is 6.54 Å². The highest BCUT2D eigenvalue weighted by Gasteiger charge is 2.36. The summed E-state index contributed by atoms with van der Waals surface area (Å²) in [7, 11) is 0. The largest absolute Gasteiger partial charge is 0.336 e. The van der Waals surface area contributed by atoms with Gasteiger partial charge in [-0.3, -0.25) is 14.3 Å². The van der Waals surface area contributed by atoms with Gasteiger partial charge < -0.3 is 10.6 Å². The summed E-state index contributed by atoms with van der Waals surface area (Å²) >= 11 is 6.13. The number of fused-ring (bicyclic) bond motifs is 1. The normalized spacial score (nSPS) is 21.6. The minimum Gasteiger partial charge on any atom is -0.336 e. The first-order chi connectivity index (χ1) is 14.0. The van der Waals surface area contributed by atoms with Crippen molar-refractivity contribution in [3.05, 3.63) is 28.9 Å². The second kappa shape index (κ2) is 8.44. The van der Waals surface area contributed by atoms with E-state index in [1.165, 1.54) is 26.2 Å². The van der Waals surface area contributed by atoms with Crippen LogP contribution in [0.2, 0.25) is 5.02 Å². The van der Waals surface area contributed by atoms with Crippen LogP contribution in [0.25, 0.3) is 10.9 Å². The summed E-state index contributed by atoms with van der Waals surface area (Å²) in [6, 6.07) is 5.13. The molecule has 2 N–H and O–H groups in total. The fourth-order valence-corrected chi connectivity index (χ4v) is 5.12. The van der Waals surface area contributed by atoms with Crippen LogP contribution in [0.5, 0.6) is 0 Å². The maximum absolute atomic E-state index is 13.2. The molecule has 0 unspecified atom stereocenters. The van der Waals surface area contributed by atoms with Gasteiger partial charge in [0.1, 0.15) is 5.69 Å². The maximum atomic E-state index is 13.2. The standard InChI is InChI=1S/C22H29ClN4O2/c1-14(28)21-18-12-16(23)9-10-19(18)27(25-21)13-17-8-5-11-26(17)22(29)20(24)15-6-3-2-4-7-15/h9-10,12,15,17,20H,2-8,11,13,24H2,1H3/t17-,20-/m0/s1. The number of carbonyl (C=O) groups is 2. The highest BCUT2D eigenvalue weighted by molar-refractivity contribution is 6.31. The second-order valence-electron chi connectivity index (χ2n) is 8.50. The molecule has 2 heterocycles. The quantitative estimate of drug-likeness (QED) is 0.752. The number of hydrogen-bond acceptors (Lipinski definition) is 4. The summed E-state index contributed by atoms with van der Waals surface area (Å²) in [5.74, 6) is 0.287. The van der Waals surface area contributed by atoms with Gasteiger partial charge >= 0.3 is 0 Å². The highest BCUT2D eigenvalue weighted by atomic mass is 35.5. The van der Waals surface area contributed by atoms with Crippen molar-refractivity contribution in [2.24, 2.45) is 11.7 Å². The van der Waals surface area contributed by atoms with Crippen molar-refractivity contribution < 1.29 is 9.59 Å². The Morgan fingerprint density at radius 1 is 1.21 bits per heavy atom. The number of benzene rings is 1. The summed E-state index contributed by atoms with van der Waals surface area (Å²) in [6.45, 7) is 2.82. The van der Waals surface area contributed by atoms with Gasteiger partial charge in [-0.05, 0) is 49.8 Å². The fraction of sp³-hybridized carbons (Fsp3) is 0.591. The van der Waals surface area contributed by atoms with Gasteiger partial charge in [-0.1, -0.05) is 30.9 Å². The lowest BCUT2D eigenvalue weighted by Gasteiger charge is -2.32. The Bertz CT molecular complexity index is 919. The number of aromatic nitrogens is 2. The van der Waals surface area contributed by atoms with Gasteiger partial charge in [-0.25, -0.2) is 0 Å². The van der Waals surface area contributed by atoms with Crippen LogP contribution >= 0.6 is 11.6 Å². The molecule has 0 bridgehead atoms. The smallest absolute Gasteiger partial charge is 0.240 e. The predicted octanol–water partition coefficient (Wildman–Crippen LogP) is 3.79. The van der Waals surface area contributed by atoms with Crippen LogP contribution in [0.1, 0.15) is 62.4 Å². The molecule has 2 fully saturated rings. The first-order valence-corrected chi connectivity index (χ1v) is 11.1. The Kier molecular flexibility index (Phi) is 5.93. The van der Waals surface area contributed by atoms with Crippen LogP contribution < -0.4 is 5.73 Å². The van der Waals surface area contributed by atoms with E-state index >= 15 is 0 Å². The predicted molar refractivity (Wildman–Crippen MR) is 114 cm³/mol. The van der Waals surface area contributed by atoms with Crippen LogP contribution in [0.15, 0.2) is 18.2 Å². The fourth-order valence-electron chi connectivity index (χ4n) is 4.95. The molecule has 7 heteroatoms. The molecule has 1 aliphatic heterocycles. The van der Waals surface area contributed by atoms with Crippen LogP contribution in [-0.4, -0.2) is 45.0 Å². The molecule has 0 radical (unpaired) electrons. The van der Waals surface area contributed by atoms with Crippen molar-refractivity contribution in [1.82, 2.24) is 14.7 Å². The number of nitrogens with two attached hydrogens (primary N) is 1. The number of rotatable bonds is 5. The Labute approximate surface area is 176 Å². The molecule has 1 saturated carbocycles. The van der Waals surface area contributed by atoms with Gasteiger partial charge in [-0.2, -0.15) is 5.10 Å². The van der Waals surface area contributed by atoms with Crippen molar-refractivity contribution in [2.45, 2.75) is 70.5 Å². The Morgan fingerprint density at radius 2 is 1.97 bits per heavy atom.